The highest BCUT2D eigenvalue weighted by Crippen LogP contribution is 2.26. The van der Waals surface area contributed by atoms with Gasteiger partial charge in [-0.05, 0) is 32.9 Å². The number of rotatable bonds is 9. The number of aryl methyl sites for hydroxylation is 2. The number of thiazole rings is 1. The SMILES string of the molecule is CCn1c(CSc2ccc(C)cc2)nnc1SCC(=O)Nc1nc(C)c(C(C)=O)s1. The molecule has 0 aliphatic heterocycles. The van der Waals surface area contributed by atoms with Crippen molar-refractivity contribution in [3.05, 3.63) is 46.2 Å². The van der Waals surface area contributed by atoms with Crippen LogP contribution >= 0.6 is 34.9 Å². The monoisotopic (exact) mass is 461 g/mol. The number of aromatic nitrogens is 4. The average molecular weight is 462 g/mol. The predicted molar refractivity (Wildman–Crippen MR) is 123 cm³/mol. The molecule has 0 bridgehead atoms. The zero-order valence-corrected chi connectivity index (χ0v) is 19.7. The normalized spacial score (nSPS) is 10.9. The molecule has 30 heavy (non-hydrogen) atoms. The van der Waals surface area contributed by atoms with E-state index in [1.165, 1.54) is 40.5 Å². The lowest BCUT2D eigenvalue weighted by Crippen LogP contribution is -2.14. The van der Waals surface area contributed by atoms with Crippen LogP contribution in [0.4, 0.5) is 5.13 Å². The van der Waals surface area contributed by atoms with E-state index in [4.69, 9.17) is 0 Å². The molecule has 1 aromatic carbocycles. The number of benzene rings is 1. The molecule has 7 nitrogen and oxygen atoms in total. The molecule has 158 valence electrons. The standard InChI is InChI=1S/C20H23N5O2S3/c1-5-25-16(10-28-15-8-6-12(2)7-9-15)23-24-20(25)29-11-17(27)22-19-21-13(3)18(30-19)14(4)26/h6-9H,5,10-11H2,1-4H3,(H,21,22,27). The van der Waals surface area contributed by atoms with E-state index in [0.29, 0.717) is 26.6 Å². The fourth-order valence-electron chi connectivity index (χ4n) is 2.69. The van der Waals surface area contributed by atoms with Gasteiger partial charge in [0.1, 0.15) is 5.82 Å². The van der Waals surface area contributed by atoms with Gasteiger partial charge in [-0.3, -0.25) is 9.59 Å². The van der Waals surface area contributed by atoms with E-state index in [-0.39, 0.29) is 17.4 Å². The first-order chi connectivity index (χ1) is 14.4. The number of Topliss-reactive ketones (excluding diaryl/α,β-unsaturated/α-hetero) is 1. The summed E-state index contributed by atoms with van der Waals surface area (Å²) < 4.78 is 2.03. The van der Waals surface area contributed by atoms with Crippen LogP contribution in [0.2, 0.25) is 0 Å². The summed E-state index contributed by atoms with van der Waals surface area (Å²) in [4.78, 5) is 29.8. The van der Waals surface area contributed by atoms with Gasteiger partial charge in [-0.15, -0.1) is 22.0 Å². The first kappa shape index (κ1) is 22.5. The number of carbonyl (C=O) groups excluding carboxylic acids is 2. The van der Waals surface area contributed by atoms with Gasteiger partial charge in [-0.2, -0.15) is 0 Å². The third-order valence-electron chi connectivity index (χ3n) is 4.19. The number of nitrogens with zero attached hydrogens (tertiary/aromatic N) is 4. The minimum Gasteiger partial charge on any atom is -0.306 e. The first-order valence-electron chi connectivity index (χ1n) is 9.40. The number of thioether (sulfide) groups is 2. The van der Waals surface area contributed by atoms with Crippen molar-refractivity contribution in [1.82, 2.24) is 19.7 Å². The van der Waals surface area contributed by atoms with Crippen LogP contribution < -0.4 is 5.32 Å². The van der Waals surface area contributed by atoms with Crippen LogP contribution in [0.5, 0.6) is 0 Å². The molecular formula is C20H23N5O2S3. The van der Waals surface area contributed by atoms with Gasteiger partial charge < -0.3 is 9.88 Å². The summed E-state index contributed by atoms with van der Waals surface area (Å²) in [6, 6.07) is 8.39. The van der Waals surface area contributed by atoms with Gasteiger partial charge in [0.15, 0.2) is 16.1 Å². The highest BCUT2D eigenvalue weighted by molar-refractivity contribution is 7.99. The van der Waals surface area contributed by atoms with Gasteiger partial charge in [0, 0.05) is 18.4 Å². The summed E-state index contributed by atoms with van der Waals surface area (Å²) in [5.41, 5.74) is 1.87. The van der Waals surface area contributed by atoms with Gasteiger partial charge in [-0.25, -0.2) is 4.98 Å². The van der Waals surface area contributed by atoms with Crippen molar-refractivity contribution < 1.29 is 9.59 Å². The Labute approximate surface area is 188 Å². The molecule has 0 saturated carbocycles. The molecule has 0 atom stereocenters. The van der Waals surface area contributed by atoms with Gasteiger partial charge in [0.2, 0.25) is 5.91 Å². The third-order valence-corrected chi connectivity index (χ3v) is 7.34. The van der Waals surface area contributed by atoms with Crippen LogP contribution in [0.3, 0.4) is 0 Å². The molecule has 0 radical (unpaired) electrons. The van der Waals surface area contributed by atoms with Gasteiger partial charge in [0.25, 0.3) is 0 Å². The second-order valence-electron chi connectivity index (χ2n) is 6.57. The molecule has 0 unspecified atom stereocenters. The molecule has 0 aliphatic rings. The number of amides is 1. The minimum atomic E-state index is -0.190. The molecule has 10 heteroatoms. The number of carbonyl (C=O) groups is 2. The summed E-state index contributed by atoms with van der Waals surface area (Å²) in [6.07, 6.45) is 0. The Kier molecular flexibility index (Phi) is 7.68. The Morgan fingerprint density at radius 3 is 2.50 bits per heavy atom. The molecule has 1 N–H and O–H groups in total. The van der Waals surface area contributed by atoms with E-state index < -0.39 is 0 Å². The second-order valence-corrected chi connectivity index (χ2v) is 9.56. The molecule has 2 aromatic heterocycles. The van der Waals surface area contributed by atoms with Crippen molar-refractivity contribution in [3.8, 4) is 0 Å². The zero-order valence-electron chi connectivity index (χ0n) is 17.3. The van der Waals surface area contributed by atoms with Crippen LogP contribution in [-0.4, -0.2) is 37.2 Å². The van der Waals surface area contributed by atoms with Crippen molar-refractivity contribution in [2.45, 2.75) is 50.0 Å². The lowest BCUT2D eigenvalue weighted by molar-refractivity contribution is -0.113. The second kappa shape index (κ2) is 10.2. The van der Waals surface area contributed by atoms with Crippen molar-refractivity contribution in [2.75, 3.05) is 11.1 Å². The molecule has 2 heterocycles. The van der Waals surface area contributed by atoms with E-state index in [9.17, 15) is 9.59 Å². The number of nitrogens with one attached hydrogen (secondary N) is 1. The largest absolute Gasteiger partial charge is 0.306 e. The lowest BCUT2D eigenvalue weighted by Gasteiger charge is -2.07. The van der Waals surface area contributed by atoms with Crippen LogP contribution in [-0.2, 0) is 17.1 Å². The summed E-state index contributed by atoms with van der Waals surface area (Å²) in [7, 11) is 0. The Bertz CT molecular complexity index is 1040. The summed E-state index contributed by atoms with van der Waals surface area (Å²) >= 11 is 4.25. The third kappa shape index (κ3) is 5.71. The quantitative estimate of drug-likeness (QED) is 0.368. The maximum atomic E-state index is 12.3. The molecule has 1 amide bonds. The van der Waals surface area contributed by atoms with Crippen molar-refractivity contribution in [3.63, 3.8) is 0 Å². The highest BCUT2D eigenvalue weighted by atomic mass is 32.2. The molecule has 0 aliphatic carbocycles. The predicted octanol–water partition coefficient (Wildman–Crippen LogP) is 4.60. The van der Waals surface area contributed by atoms with Crippen molar-refractivity contribution >= 4 is 51.7 Å². The Balaban J connectivity index is 1.57. The summed E-state index contributed by atoms with van der Waals surface area (Å²) in [5, 5.41) is 12.5. The summed E-state index contributed by atoms with van der Waals surface area (Å²) in [5.74, 6) is 1.55. The van der Waals surface area contributed by atoms with Gasteiger partial charge >= 0.3 is 0 Å². The first-order valence-corrected chi connectivity index (χ1v) is 12.2. The topological polar surface area (TPSA) is 89.8 Å². The minimum absolute atomic E-state index is 0.0491. The number of hydrogen-bond acceptors (Lipinski definition) is 8. The Hall–Kier alpha value is -2.17. The van der Waals surface area contributed by atoms with Crippen LogP contribution in [0, 0.1) is 13.8 Å². The van der Waals surface area contributed by atoms with Crippen LogP contribution in [0.15, 0.2) is 34.3 Å². The Morgan fingerprint density at radius 1 is 1.13 bits per heavy atom. The van der Waals surface area contributed by atoms with Gasteiger partial charge in [0.05, 0.1) is 22.1 Å². The zero-order chi connectivity index (χ0) is 21.7. The van der Waals surface area contributed by atoms with E-state index in [0.717, 1.165) is 12.4 Å². The fourth-order valence-corrected chi connectivity index (χ4v) is 5.23. The lowest BCUT2D eigenvalue weighted by atomic mass is 10.2. The molecule has 3 rings (SSSR count). The number of anilines is 1. The van der Waals surface area contributed by atoms with Crippen LogP contribution in [0.25, 0.3) is 0 Å². The molecular weight excluding hydrogens is 438 g/mol. The van der Waals surface area contributed by atoms with E-state index in [2.05, 4.69) is 51.7 Å². The molecule has 0 fully saturated rings. The number of hydrogen-bond donors (Lipinski definition) is 1. The number of ketones is 1. The smallest absolute Gasteiger partial charge is 0.236 e. The van der Waals surface area contributed by atoms with E-state index >= 15 is 0 Å². The maximum Gasteiger partial charge on any atom is 0.236 e. The van der Waals surface area contributed by atoms with Crippen molar-refractivity contribution in [2.24, 2.45) is 0 Å². The molecule has 3 aromatic rings. The highest BCUT2D eigenvalue weighted by Gasteiger charge is 2.16. The molecule has 0 spiro atoms. The fraction of sp³-hybridized carbons (Fsp3) is 0.350. The summed E-state index contributed by atoms with van der Waals surface area (Å²) in [6.45, 7) is 8.09. The average Bonchev–Trinajstić information content (AvgIpc) is 3.28. The van der Waals surface area contributed by atoms with E-state index in [1.54, 1.807) is 18.7 Å². The molecule has 0 saturated heterocycles. The van der Waals surface area contributed by atoms with Crippen molar-refractivity contribution in [1.29, 1.82) is 0 Å². The van der Waals surface area contributed by atoms with E-state index in [1.807, 2.05) is 11.5 Å². The maximum absolute atomic E-state index is 12.3. The van der Waals surface area contributed by atoms with Crippen LogP contribution in [0.1, 0.15) is 40.6 Å². The Morgan fingerprint density at radius 2 is 1.87 bits per heavy atom. The van der Waals surface area contributed by atoms with Gasteiger partial charge in [-0.1, -0.05) is 40.8 Å².